The van der Waals surface area contributed by atoms with E-state index in [1.54, 1.807) is 21.3 Å². The molecule has 4 aromatic rings. The zero-order valence-corrected chi connectivity index (χ0v) is 18.9. The predicted octanol–water partition coefficient (Wildman–Crippen LogP) is 5.21. The molecule has 2 fully saturated rings. The highest BCUT2D eigenvalue weighted by Crippen LogP contribution is 2.34. The number of nitrogens with zero attached hydrogens (tertiary/aromatic N) is 5. The summed E-state index contributed by atoms with van der Waals surface area (Å²) in [4.78, 5) is 20.2. The van der Waals surface area contributed by atoms with Gasteiger partial charge < -0.3 is 4.90 Å². The molecule has 0 atom stereocenters. The van der Waals surface area contributed by atoms with Crippen molar-refractivity contribution in [1.29, 1.82) is 0 Å². The highest BCUT2D eigenvalue weighted by molar-refractivity contribution is 6.01. The topological polar surface area (TPSA) is 55.4 Å². The summed E-state index contributed by atoms with van der Waals surface area (Å²) in [5, 5.41) is 5.64. The molecule has 0 aliphatic heterocycles. The van der Waals surface area contributed by atoms with Gasteiger partial charge in [-0.25, -0.2) is 9.37 Å². The number of carbonyl (C=O) groups excluding carboxylic acids is 1. The SMILES string of the molecule is Cn1nc(-c2cnc3ccc(F)cn23)c2ccc(C(=O)N(CC3CC3)C3CCCCC3)cc21. The summed E-state index contributed by atoms with van der Waals surface area (Å²) in [7, 11) is 1.88. The molecular weight excluding hydrogens is 417 g/mol. The maximum absolute atomic E-state index is 13.9. The second-order valence-corrected chi connectivity index (χ2v) is 9.62. The Kier molecular flexibility index (Phi) is 4.93. The van der Waals surface area contributed by atoms with Crippen molar-refractivity contribution in [1.82, 2.24) is 24.1 Å². The lowest BCUT2D eigenvalue weighted by atomic mass is 9.93. The van der Waals surface area contributed by atoms with E-state index in [0.29, 0.717) is 23.2 Å². The van der Waals surface area contributed by atoms with Gasteiger partial charge in [-0.1, -0.05) is 19.3 Å². The predicted molar refractivity (Wildman–Crippen MR) is 125 cm³/mol. The monoisotopic (exact) mass is 445 g/mol. The van der Waals surface area contributed by atoms with Crippen molar-refractivity contribution in [2.75, 3.05) is 6.54 Å². The van der Waals surface area contributed by atoms with Gasteiger partial charge in [-0.2, -0.15) is 5.10 Å². The Morgan fingerprint density at radius 1 is 1.12 bits per heavy atom. The molecule has 0 spiro atoms. The van der Waals surface area contributed by atoms with Crippen molar-refractivity contribution >= 4 is 22.5 Å². The van der Waals surface area contributed by atoms with Crippen molar-refractivity contribution in [3.05, 3.63) is 54.1 Å². The van der Waals surface area contributed by atoms with Crippen LogP contribution in [0.1, 0.15) is 55.3 Å². The van der Waals surface area contributed by atoms with Gasteiger partial charge in [0.05, 0.1) is 17.4 Å². The normalized spacial score (nSPS) is 17.2. The van der Waals surface area contributed by atoms with Crippen LogP contribution in [0.3, 0.4) is 0 Å². The summed E-state index contributed by atoms with van der Waals surface area (Å²) in [6, 6.07) is 9.27. The van der Waals surface area contributed by atoms with E-state index in [1.165, 1.54) is 44.4 Å². The number of halogens is 1. The number of amides is 1. The first kappa shape index (κ1) is 20.4. The fraction of sp³-hybridized carbons (Fsp3) is 0.423. The van der Waals surface area contributed by atoms with Gasteiger partial charge in [0.1, 0.15) is 17.2 Å². The molecule has 6 nitrogen and oxygen atoms in total. The summed E-state index contributed by atoms with van der Waals surface area (Å²) < 4.78 is 17.4. The van der Waals surface area contributed by atoms with E-state index in [0.717, 1.165) is 41.7 Å². The van der Waals surface area contributed by atoms with E-state index in [1.807, 2.05) is 25.2 Å². The first-order valence-electron chi connectivity index (χ1n) is 12.0. The Labute approximate surface area is 192 Å². The molecule has 6 rings (SSSR count). The molecule has 0 saturated heterocycles. The molecule has 2 saturated carbocycles. The van der Waals surface area contributed by atoms with Gasteiger partial charge in [-0.3, -0.25) is 13.9 Å². The Hall–Kier alpha value is -3.22. The molecule has 0 bridgehead atoms. The zero-order chi connectivity index (χ0) is 22.5. The quantitative estimate of drug-likeness (QED) is 0.424. The Morgan fingerprint density at radius 2 is 1.94 bits per heavy atom. The molecule has 7 heteroatoms. The van der Waals surface area contributed by atoms with Crippen LogP contribution in [0.15, 0.2) is 42.7 Å². The largest absolute Gasteiger partial charge is 0.335 e. The molecule has 3 aromatic heterocycles. The van der Waals surface area contributed by atoms with Gasteiger partial charge in [0, 0.05) is 36.8 Å². The smallest absolute Gasteiger partial charge is 0.254 e. The van der Waals surface area contributed by atoms with Gasteiger partial charge in [0.25, 0.3) is 5.91 Å². The molecule has 3 heterocycles. The lowest BCUT2D eigenvalue weighted by Gasteiger charge is -2.34. The first-order valence-corrected chi connectivity index (χ1v) is 12.0. The molecular formula is C26H28FN5O. The maximum Gasteiger partial charge on any atom is 0.254 e. The molecule has 33 heavy (non-hydrogen) atoms. The Balaban J connectivity index is 1.38. The Bertz CT molecular complexity index is 1350. The third-order valence-electron chi connectivity index (χ3n) is 7.24. The number of carbonyl (C=O) groups is 1. The number of hydrogen-bond donors (Lipinski definition) is 0. The van der Waals surface area contributed by atoms with Crippen LogP contribution in [0.4, 0.5) is 4.39 Å². The molecule has 0 radical (unpaired) electrons. The number of fused-ring (bicyclic) bond motifs is 2. The summed E-state index contributed by atoms with van der Waals surface area (Å²) in [6.07, 6.45) is 11.5. The van der Waals surface area contributed by atoms with Gasteiger partial charge >= 0.3 is 0 Å². The van der Waals surface area contributed by atoms with E-state index in [9.17, 15) is 9.18 Å². The molecule has 1 amide bonds. The number of rotatable bonds is 5. The van der Waals surface area contributed by atoms with E-state index in [2.05, 4.69) is 9.88 Å². The fourth-order valence-electron chi connectivity index (χ4n) is 5.24. The summed E-state index contributed by atoms with van der Waals surface area (Å²) >= 11 is 0. The van der Waals surface area contributed by atoms with Crippen LogP contribution in [0.2, 0.25) is 0 Å². The van der Waals surface area contributed by atoms with Gasteiger partial charge in [0.15, 0.2) is 0 Å². The average molecular weight is 446 g/mol. The van der Waals surface area contributed by atoms with Gasteiger partial charge in [-0.05, 0) is 61.9 Å². The fourth-order valence-corrected chi connectivity index (χ4v) is 5.24. The molecule has 1 aromatic carbocycles. The standard InChI is InChI=1S/C26H28FN5O/c1-30-22-13-18(26(33)31(15-17-7-8-17)20-5-3-2-4-6-20)9-11-21(22)25(29-30)23-14-28-24-12-10-19(27)16-32(23)24/h9-14,16-17,20H,2-8,15H2,1H3. The second kappa shape index (κ2) is 7.97. The Morgan fingerprint density at radius 3 is 2.73 bits per heavy atom. The van der Waals surface area contributed by atoms with Crippen molar-refractivity contribution in [3.8, 4) is 11.4 Å². The van der Waals surface area contributed by atoms with Crippen LogP contribution in [0.5, 0.6) is 0 Å². The van der Waals surface area contributed by atoms with E-state index in [4.69, 9.17) is 5.10 Å². The van der Waals surface area contributed by atoms with Crippen LogP contribution in [-0.2, 0) is 7.05 Å². The summed E-state index contributed by atoms with van der Waals surface area (Å²) in [5.74, 6) is 0.474. The van der Waals surface area contributed by atoms with Crippen molar-refractivity contribution in [2.45, 2.75) is 51.0 Å². The average Bonchev–Trinajstić information content (AvgIpc) is 3.49. The van der Waals surface area contributed by atoms with Crippen LogP contribution in [0, 0.1) is 11.7 Å². The van der Waals surface area contributed by atoms with Crippen molar-refractivity contribution in [3.63, 3.8) is 0 Å². The van der Waals surface area contributed by atoms with Gasteiger partial charge in [0.2, 0.25) is 0 Å². The van der Waals surface area contributed by atoms with Crippen LogP contribution in [0.25, 0.3) is 27.9 Å². The summed E-state index contributed by atoms with van der Waals surface area (Å²) in [5.41, 5.74) is 3.73. The van der Waals surface area contributed by atoms with E-state index in [-0.39, 0.29) is 11.7 Å². The number of hydrogen-bond acceptors (Lipinski definition) is 3. The van der Waals surface area contributed by atoms with Crippen molar-refractivity contribution < 1.29 is 9.18 Å². The first-order chi connectivity index (χ1) is 16.1. The number of benzene rings is 1. The van der Waals surface area contributed by atoms with E-state index < -0.39 is 0 Å². The number of aromatic nitrogens is 4. The molecule has 170 valence electrons. The molecule has 2 aliphatic carbocycles. The van der Waals surface area contributed by atoms with Crippen LogP contribution < -0.4 is 0 Å². The minimum atomic E-state index is -0.326. The van der Waals surface area contributed by atoms with Crippen LogP contribution >= 0.6 is 0 Å². The number of aryl methyl sites for hydroxylation is 1. The maximum atomic E-state index is 13.9. The van der Waals surface area contributed by atoms with E-state index >= 15 is 0 Å². The summed E-state index contributed by atoms with van der Waals surface area (Å²) in [6.45, 7) is 0.881. The highest BCUT2D eigenvalue weighted by Gasteiger charge is 2.32. The lowest BCUT2D eigenvalue weighted by molar-refractivity contribution is 0.0622. The third-order valence-corrected chi connectivity index (χ3v) is 7.24. The minimum Gasteiger partial charge on any atom is -0.335 e. The highest BCUT2D eigenvalue weighted by atomic mass is 19.1. The molecule has 0 unspecified atom stereocenters. The molecule has 0 N–H and O–H groups in total. The number of pyridine rings is 1. The van der Waals surface area contributed by atoms with Crippen molar-refractivity contribution in [2.24, 2.45) is 13.0 Å². The second-order valence-electron chi connectivity index (χ2n) is 9.62. The minimum absolute atomic E-state index is 0.135. The zero-order valence-electron chi connectivity index (χ0n) is 18.9. The number of imidazole rings is 1. The van der Waals surface area contributed by atoms with Crippen LogP contribution in [-0.4, -0.2) is 42.6 Å². The van der Waals surface area contributed by atoms with Gasteiger partial charge in [-0.15, -0.1) is 0 Å². The lowest BCUT2D eigenvalue weighted by Crippen LogP contribution is -2.42. The molecule has 2 aliphatic rings. The third kappa shape index (κ3) is 3.69.